The van der Waals surface area contributed by atoms with Crippen LogP contribution in [-0.4, -0.2) is 11.0 Å². The third kappa shape index (κ3) is 6.29. The van der Waals surface area contributed by atoms with Crippen LogP contribution in [0.25, 0.3) is 0 Å². The highest BCUT2D eigenvalue weighted by atomic mass is 32.1. The highest BCUT2D eigenvalue weighted by Gasteiger charge is 2.23. The molecule has 0 aliphatic heterocycles. The molecule has 1 nitrogen and oxygen atoms in total. The summed E-state index contributed by atoms with van der Waals surface area (Å²) < 4.78 is 0. The molecule has 0 radical (unpaired) electrons. The lowest BCUT2D eigenvalue weighted by Crippen LogP contribution is -2.40. The minimum absolute atomic E-state index is 0.125. The number of hydrogen-bond acceptors (Lipinski definition) is 1. The summed E-state index contributed by atoms with van der Waals surface area (Å²) in [7, 11) is 0. The van der Waals surface area contributed by atoms with E-state index in [1.165, 1.54) is 0 Å². The second-order valence-corrected chi connectivity index (χ2v) is 5.12. The molecule has 0 aromatic carbocycles. The van der Waals surface area contributed by atoms with E-state index >= 15 is 0 Å². The molecule has 0 aliphatic rings. The summed E-state index contributed by atoms with van der Waals surface area (Å²) in [4.78, 5) is 0. The Morgan fingerprint density at radius 3 is 1.91 bits per heavy atom. The van der Waals surface area contributed by atoms with Gasteiger partial charge >= 0.3 is 0 Å². The van der Waals surface area contributed by atoms with Gasteiger partial charge in [0.25, 0.3) is 0 Å². The average Bonchev–Trinajstić information content (AvgIpc) is 1.55. The number of hydrogen-bond donors (Lipinski definition) is 1. The van der Waals surface area contributed by atoms with Crippen molar-refractivity contribution in [1.82, 2.24) is 5.32 Å². The molecule has 0 spiro atoms. The van der Waals surface area contributed by atoms with Gasteiger partial charge in [-0.2, -0.15) is 0 Å². The van der Waals surface area contributed by atoms with Crippen molar-refractivity contribution in [3.8, 4) is 0 Å². The van der Waals surface area contributed by atoms with Gasteiger partial charge in [0, 0.05) is 5.54 Å². The molecule has 2 heteroatoms. The van der Waals surface area contributed by atoms with Crippen LogP contribution in [0.4, 0.5) is 0 Å². The molecule has 0 atom stereocenters. The van der Waals surface area contributed by atoms with Crippen molar-refractivity contribution in [3.63, 3.8) is 0 Å². The molecule has 0 amide bonds. The summed E-state index contributed by atoms with van der Waals surface area (Å²) >= 11 is 4.75. The zero-order chi connectivity index (χ0) is 9.12. The van der Waals surface area contributed by atoms with Crippen molar-refractivity contribution >= 4 is 17.7 Å². The SMILES string of the molecule is CC(C)(C)CC(C)(C)NC=S. The molecule has 0 unspecified atom stereocenters. The lowest BCUT2D eigenvalue weighted by atomic mass is 9.82. The Morgan fingerprint density at radius 2 is 1.64 bits per heavy atom. The van der Waals surface area contributed by atoms with E-state index in [2.05, 4.69) is 39.9 Å². The molecule has 0 bridgehead atoms. The molecule has 0 rings (SSSR count). The molecule has 0 aliphatic carbocycles. The van der Waals surface area contributed by atoms with Crippen LogP contribution in [0.1, 0.15) is 41.0 Å². The maximum absolute atomic E-state index is 4.75. The van der Waals surface area contributed by atoms with Gasteiger partial charge in [-0.25, -0.2) is 0 Å². The van der Waals surface area contributed by atoms with Crippen molar-refractivity contribution < 1.29 is 0 Å². The maximum atomic E-state index is 4.75. The highest BCUT2D eigenvalue weighted by molar-refractivity contribution is 7.78. The first-order valence-corrected chi connectivity index (χ1v) is 4.45. The summed E-state index contributed by atoms with van der Waals surface area (Å²) in [6, 6.07) is 0. The summed E-state index contributed by atoms with van der Waals surface area (Å²) in [5.74, 6) is 0. The van der Waals surface area contributed by atoms with Gasteiger partial charge in [-0.3, -0.25) is 0 Å². The van der Waals surface area contributed by atoms with Gasteiger partial charge in [0.15, 0.2) is 0 Å². The molecular weight excluding hydrogens is 154 g/mol. The van der Waals surface area contributed by atoms with Crippen molar-refractivity contribution in [2.75, 3.05) is 0 Å². The van der Waals surface area contributed by atoms with Crippen molar-refractivity contribution in [3.05, 3.63) is 0 Å². The van der Waals surface area contributed by atoms with Crippen LogP contribution in [0, 0.1) is 5.41 Å². The smallest absolute Gasteiger partial charge is 0.0618 e. The lowest BCUT2D eigenvalue weighted by Gasteiger charge is -2.32. The lowest BCUT2D eigenvalue weighted by molar-refractivity contribution is 0.269. The zero-order valence-corrected chi connectivity index (χ0v) is 9.01. The zero-order valence-electron chi connectivity index (χ0n) is 8.19. The van der Waals surface area contributed by atoms with Gasteiger partial charge in [-0.05, 0) is 25.7 Å². The Labute approximate surface area is 75.6 Å². The van der Waals surface area contributed by atoms with Crippen molar-refractivity contribution in [2.45, 2.75) is 46.6 Å². The van der Waals surface area contributed by atoms with E-state index in [0.717, 1.165) is 6.42 Å². The van der Waals surface area contributed by atoms with Gasteiger partial charge in [0.1, 0.15) is 0 Å². The van der Waals surface area contributed by atoms with Gasteiger partial charge in [0.2, 0.25) is 0 Å². The fraction of sp³-hybridized carbons (Fsp3) is 0.889. The summed E-state index contributed by atoms with van der Waals surface area (Å²) in [6.07, 6.45) is 1.12. The minimum Gasteiger partial charge on any atom is -0.377 e. The predicted molar refractivity (Wildman–Crippen MR) is 54.9 cm³/mol. The fourth-order valence-electron chi connectivity index (χ4n) is 1.54. The maximum Gasteiger partial charge on any atom is 0.0618 e. The molecule has 1 N–H and O–H groups in total. The van der Waals surface area contributed by atoms with Crippen LogP contribution in [0.5, 0.6) is 0 Å². The van der Waals surface area contributed by atoms with Gasteiger partial charge in [-0.1, -0.05) is 33.0 Å². The molecule has 0 saturated heterocycles. The van der Waals surface area contributed by atoms with E-state index in [1.54, 1.807) is 5.49 Å². The highest BCUT2D eigenvalue weighted by Crippen LogP contribution is 2.26. The van der Waals surface area contributed by atoms with E-state index < -0.39 is 0 Å². The van der Waals surface area contributed by atoms with E-state index in [1.807, 2.05) is 0 Å². The summed E-state index contributed by atoms with van der Waals surface area (Å²) in [6.45, 7) is 11.0. The molecule has 0 aromatic rings. The monoisotopic (exact) mass is 173 g/mol. The summed E-state index contributed by atoms with van der Waals surface area (Å²) in [5.41, 5.74) is 2.08. The molecule has 0 saturated carbocycles. The third-order valence-electron chi connectivity index (χ3n) is 1.42. The molecule has 0 heterocycles. The van der Waals surface area contributed by atoms with Crippen LogP contribution in [0.15, 0.2) is 0 Å². The Hall–Kier alpha value is -0.110. The van der Waals surface area contributed by atoms with Crippen LogP contribution in [-0.2, 0) is 0 Å². The third-order valence-corrected chi connectivity index (χ3v) is 1.54. The molecule has 11 heavy (non-hydrogen) atoms. The molecule has 66 valence electrons. The number of rotatable bonds is 3. The minimum atomic E-state index is 0.125. The average molecular weight is 173 g/mol. The van der Waals surface area contributed by atoms with Gasteiger partial charge < -0.3 is 5.32 Å². The summed E-state index contributed by atoms with van der Waals surface area (Å²) in [5, 5.41) is 3.17. The van der Waals surface area contributed by atoms with E-state index in [-0.39, 0.29) is 5.54 Å². The first kappa shape index (κ1) is 10.9. The van der Waals surface area contributed by atoms with Crippen molar-refractivity contribution in [1.29, 1.82) is 0 Å². The largest absolute Gasteiger partial charge is 0.377 e. The van der Waals surface area contributed by atoms with E-state index in [9.17, 15) is 0 Å². The number of thiocarbonyl (C=S) groups is 1. The second kappa shape index (κ2) is 3.53. The first-order valence-electron chi connectivity index (χ1n) is 3.98. The normalized spacial score (nSPS) is 12.8. The Bertz CT molecular complexity index is 133. The first-order chi connectivity index (χ1) is 4.77. The van der Waals surface area contributed by atoms with Gasteiger partial charge in [0.05, 0.1) is 5.49 Å². The van der Waals surface area contributed by atoms with Crippen LogP contribution < -0.4 is 5.32 Å². The molecular formula is C9H19NS. The van der Waals surface area contributed by atoms with Gasteiger partial charge in [-0.15, -0.1) is 0 Å². The Morgan fingerprint density at radius 1 is 1.18 bits per heavy atom. The Kier molecular flexibility index (Phi) is 3.49. The number of nitrogens with one attached hydrogen (secondary N) is 1. The van der Waals surface area contributed by atoms with Crippen LogP contribution >= 0.6 is 12.2 Å². The van der Waals surface area contributed by atoms with Crippen LogP contribution in [0.2, 0.25) is 0 Å². The molecule has 0 aromatic heterocycles. The van der Waals surface area contributed by atoms with Crippen molar-refractivity contribution in [2.24, 2.45) is 5.41 Å². The second-order valence-electron chi connectivity index (χ2n) is 4.88. The predicted octanol–water partition coefficient (Wildman–Crippen LogP) is 2.75. The van der Waals surface area contributed by atoms with Crippen LogP contribution in [0.3, 0.4) is 0 Å². The standard InChI is InChI=1S/C9H19NS/c1-8(2,3)6-9(4,5)10-7-11/h7H,6H2,1-5H3,(H,10,11). The quantitative estimate of drug-likeness (QED) is 0.659. The topological polar surface area (TPSA) is 12.0 Å². The van der Waals surface area contributed by atoms with E-state index in [4.69, 9.17) is 12.2 Å². The van der Waals surface area contributed by atoms with E-state index in [0.29, 0.717) is 5.41 Å². The fourth-order valence-corrected chi connectivity index (χ4v) is 1.86. The Balaban J connectivity index is 4.00. The molecule has 0 fully saturated rings.